The summed E-state index contributed by atoms with van der Waals surface area (Å²) < 4.78 is 6.64. The van der Waals surface area contributed by atoms with Crippen LogP contribution in [0.2, 0.25) is 0 Å². The van der Waals surface area contributed by atoms with Crippen molar-refractivity contribution in [3.8, 4) is 11.5 Å². The van der Waals surface area contributed by atoms with Gasteiger partial charge in [0.2, 0.25) is 0 Å². The molecule has 2 heterocycles. The summed E-state index contributed by atoms with van der Waals surface area (Å²) in [5.41, 5.74) is -0.690. The monoisotopic (exact) mass is 236 g/mol. The molecule has 2 rings (SSSR count). The van der Waals surface area contributed by atoms with Gasteiger partial charge in [-0.2, -0.15) is 0 Å². The predicted octanol–water partition coefficient (Wildman–Crippen LogP) is 0.0973. The molecule has 6 nitrogen and oxygen atoms in total. The molecule has 2 aromatic rings. The topological polar surface area (TPSA) is 88.2 Å². The smallest absolute Gasteiger partial charge is 0.328 e. The zero-order chi connectivity index (χ0) is 12.4. The highest BCUT2D eigenvalue weighted by molar-refractivity contribution is 5.52. The summed E-state index contributed by atoms with van der Waals surface area (Å²) >= 11 is 0. The molecule has 0 saturated carbocycles. The molecular weight excluding hydrogens is 224 g/mol. The van der Waals surface area contributed by atoms with E-state index in [1.54, 1.807) is 19.1 Å². The van der Waals surface area contributed by atoms with Gasteiger partial charge in [0.05, 0.1) is 18.8 Å². The second-order valence-corrected chi connectivity index (χ2v) is 3.61. The summed E-state index contributed by atoms with van der Waals surface area (Å²) in [6.07, 6.45) is 0. The van der Waals surface area contributed by atoms with Crippen LogP contribution in [0.1, 0.15) is 5.76 Å². The number of aliphatic hydroxyl groups excluding tert-OH is 1. The van der Waals surface area contributed by atoms with E-state index >= 15 is 0 Å². The first kappa shape index (κ1) is 11.4. The summed E-state index contributed by atoms with van der Waals surface area (Å²) in [5, 5.41) is 8.91. The first-order valence-corrected chi connectivity index (χ1v) is 5.13. The normalized spacial score (nSPS) is 10.7. The van der Waals surface area contributed by atoms with Crippen molar-refractivity contribution >= 4 is 0 Å². The molecule has 0 amide bonds. The Morgan fingerprint density at radius 1 is 1.41 bits per heavy atom. The Morgan fingerprint density at radius 3 is 2.76 bits per heavy atom. The van der Waals surface area contributed by atoms with E-state index in [1.165, 1.54) is 10.6 Å². The summed E-state index contributed by atoms with van der Waals surface area (Å²) in [6.45, 7) is 1.68. The third-order valence-corrected chi connectivity index (χ3v) is 2.35. The number of aromatic amines is 1. The quantitative estimate of drug-likeness (QED) is 0.791. The number of aromatic nitrogens is 2. The first-order chi connectivity index (χ1) is 8.11. The number of nitrogens with zero attached hydrogens (tertiary/aromatic N) is 1. The highest BCUT2D eigenvalue weighted by Crippen LogP contribution is 2.19. The first-order valence-electron chi connectivity index (χ1n) is 5.13. The van der Waals surface area contributed by atoms with Crippen LogP contribution in [-0.4, -0.2) is 21.3 Å². The minimum absolute atomic E-state index is 0.102. The molecule has 17 heavy (non-hydrogen) atoms. The van der Waals surface area contributed by atoms with Crippen molar-refractivity contribution in [1.82, 2.24) is 9.55 Å². The van der Waals surface area contributed by atoms with Gasteiger partial charge in [0.1, 0.15) is 5.76 Å². The summed E-state index contributed by atoms with van der Waals surface area (Å²) in [4.78, 5) is 25.0. The van der Waals surface area contributed by atoms with Gasteiger partial charge in [-0.25, -0.2) is 4.79 Å². The van der Waals surface area contributed by atoms with E-state index < -0.39 is 11.2 Å². The van der Waals surface area contributed by atoms with Crippen LogP contribution in [0.25, 0.3) is 11.5 Å². The molecule has 0 fully saturated rings. The van der Waals surface area contributed by atoms with E-state index in [0.29, 0.717) is 17.2 Å². The third kappa shape index (κ3) is 2.21. The molecular formula is C11H12N2O4. The Hall–Kier alpha value is -2.08. The Kier molecular flexibility index (Phi) is 2.97. The van der Waals surface area contributed by atoms with Crippen LogP contribution in [-0.2, 0) is 6.54 Å². The Morgan fingerprint density at radius 2 is 2.18 bits per heavy atom. The number of hydrogen-bond acceptors (Lipinski definition) is 4. The molecule has 0 bridgehead atoms. The molecule has 6 heteroatoms. The van der Waals surface area contributed by atoms with Crippen LogP contribution in [0.3, 0.4) is 0 Å². The number of H-pyrrole nitrogens is 1. The molecule has 0 saturated heterocycles. The number of furan rings is 1. The van der Waals surface area contributed by atoms with E-state index in [-0.39, 0.29) is 13.2 Å². The largest absolute Gasteiger partial charge is 0.460 e. The van der Waals surface area contributed by atoms with E-state index in [2.05, 4.69) is 4.98 Å². The van der Waals surface area contributed by atoms with Crippen molar-refractivity contribution in [2.45, 2.75) is 13.5 Å². The average molecular weight is 236 g/mol. The summed E-state index contributed by atoms with van der Waals surface area (Å²) in [6, 6.07) is 4.69. The molecule has 0 spiro atoms. The van der Waals surface area contributed by atoms with E-state index in [1.807, 2.05) is 0 Å². The van der Waals surface area contributed by atoms with Gasteiger partial charge in [-0.1, -0.05) is 0 Å². The maximum Gasteiger partial charge on any atom is 0.328 e. The lowest BCUT2D eigenvalue weighted by Gasteiger charge is -2.07. The van der Waals surface area contributed by atoms with Crippen LogP contribution in [0.5, 0.6) is 0 Å². The second-order valence-electron chi connectivity index (χ2n) is 3.61. The lowest BCUT2D eigenvalue weighted by atomic mass is 10.3. The van der Waals surface area contributed by atoms with Gasteiger partial charge in [0.15, 0.2) is 5.76 Å². The molecule has 90 valence electrons. The summed E-state index contributed by atoms with van der Waals surface area (Å²) in [5.74, 6) is 1.11. The van der Waals surface area contributed by atoms with Crippen molar-refractivity contribution in [2.75, 3.05) is 6.61 Å². The van der Waals surface area contributed by atoms with Crippen LogP contribution < -0.4 is 11.2 Å². The van der Waals surface area contributed by atoms with Crippen molar-refractivity contribution in [2.24, 2.45) is 0 Å². The van der Waals surface area contributed by atoms with E-state index in [9.17, 15) is 9.59 Å². The lowest BCUT2D eigenvalue weighted by Crippen LogP contribution is -2.31. The van der Waals surface area contributed by atoms with Gasteiger partial charge in [-0.3, -0.25) is 14.3 Å². The SMILES string of the molecule is Cc1ccc(-c2cc(=O)[nH]c(=O)n2CCO)o1. The third-order valence-electron chi connectivity index (χ3n) is 2.35. The minimum Gasteiger partial charge on any atom is -0.460 e. The highest BCUT2D eigenvalue weighted by atomic mass is 16.3. The van der Waals surface area contributed by atoms with Gasteiger partial charge >= 0.3 is 5.69 Å². The van der Waals surface area contributed by atoms with Gasteiger partial charge in [-0.15, -0.1) is 0 Å². The van der Waals surface area contributed by atoms with Crippen molar-refractivity contribution < 1.29 is 9.52 Å². The highest BCUT2D eigenvalue weighted by Gasteiger charge is 2.11. The zero-order valence-electron chi connectivity index (χ0n) is 9.27. The predicted molar refractivity (Wildman–Crippen MR) is 60.8 cm³/mol. The standard InChI is InChI=1S/C11H12N2O4/c1-7-2-3-9(17-7)8-6-10(15)12-11(16)13(8)4-5-14/h2-3,6,14H,4-5H2,1H3,(H,12,15,16). The lowest BCUT2D eigenvalue weighted by molar-refractivity contribution is 0.273. The minimum atomic E-state index is -0.560. The number of aliphatic hydroxyl groups is 1. The Bertz CT molecular complexity index is 635. The molecule has 0 radical (unpaired) electrons. The fraction of sp³-hybridized carbons (Fsp3) is 0.273. The number of aryl methyl sites for hydroxylation is 1. The molecule has 0 aromatic carbocycles. The molecule has 2 N–H and O–H groups in total. The van der Waals surface area contributed by atoms with Gasteiger partial charge in [-0.05, 0) is 19.1 Å². The maximum atomic E-state index is 11.6. The Balaban J connectivity index is 2.66. The van der Waals surface area contributed by atoms with Crippen LogP contribution in [0.15, 0.2) is 32.2 Å². The van der Waals surface area contributed by atoms with Crippen LogP contribution in [0.4, 0.5) is 0 Å². The number of hydrogen-bond donors (Lipinski definition) is 2. The molecule has 0 aliphatic heterocycles. The number of rotatable bonds is 3. The molecule has 0 aliphatic rings. The van der Waals surface area contributed by atoms with Crippen molar-refractivity contribution in [1.29, 1.82) is 0 Å². The van der Waals surface area contributed by atoms with Crippen molar-refractivity contribution in [3.63, 3.8) is 0 Å². The maximum absolute atomic E-state index is 11.6. The summed E-state index contributed by atoms with van der Waals surface area (Å²) in [7, 11) is 0. The van der Waals surface area contributed by atoms with Crippen molar-refractivity contribution in [3.05, 3.63) is 44.8 Å². The van der Waals surface area contributed by atoms with Crippen LogP contribution in [0, 0.1) is 6.92 Å². The molecule has 0 unspecified atom stereocenters. The fourth-order valence-corrected chi connectivity index (χ4v) is 1.62. The molecule has 2 aromatic heterocycles. The van der Waals surface area contributed by atoms with E-state index in [0.717, 1.165) is 0 Å². The van der Waals surface area contributed by atoms with E-state index in [4.69, 9.17) is 9.52 Å². The second kappa shape index (κ2) is 4.42. The zero-order valence-corrected chi connectivity index (χ0v) is 9.27. The van der Waals surface area contributed by atoms with Crippen LogP contribution >= 0.6 is 0 Å². The van der Waals surface area contributed by atoms with Gasteiger partial charge < -0.3 is 9.52 Å². The average Bonchev–Trinajstić information content (AvgIpc) is 2.68. The molecule has 0 atom stereocenters. The fourth-order valence-electron chi connectivity index (χ4n) is 1.62. The van der Waals surface area contributed by atoms with Gasteiger partial charge in [0.25, 0.3) is 5.56 Å². The molecule has 0 aliphatic carbocycles. The van der Waals surface area contributed by atoms with Gasteiger partial charge in [0, 0.05) is 6.07 Å². The number of nitrogens with one attached hydrogen (secondary N) is 1. The Labute approximate surface area is 96.1 Å².